The summed E-state index contributed by atoms with van der Waals surface area (Å²) in [6.45, 7) is -0.575. The zero-order valence-electron chi connectivity index (χ0n) is 7.51. The van der Waals surface area contributed by atoms with Gasteiger partial charge >= 0.3 is 0 Å². The van der Waals surface area contributed by atoms with E-state index in [9.17, 15) is 5.11 Å². The molecule has 0 spiro atoms. The molecule has 0 saturated carbocycles. The van der Waals surface area contributed by atoms with E-state index < -0.39 is 12.3 Å². The Bertz CT molecular complexity index is 325. The molecule has 1 rings (SSSR count). The minimum absolute atomic E-state index is 0.00264. The van der Waals surface area contributed by atoms with E-state index in [0.29, 0.717) is 5.56 Å². The van der Waals surface area contributed by atoms with Crippen molar-refractivity contribution >= 4 is 0 Å². The van der Waals surface area contributed by atoms with Gasteiger partial charge in [0.25, 0.3) is 0 Å². The van der Waals surface area contributed by atoms with Gasteiger partial charge in [-0.1, -0.05) is 6.07 Å². The van der Waals surface area contributed by atoms with Crippen LogP contribution in [-0.2, 0) is 6.42 Å². The highest BCUT2D eigenvalue weighted by Gasteiger charge is 2.20. The molecule has 0 amide bonds. The Hall–Kier alpha value is -1.30. The summed E-state index contributed by atoms with van der Waals surface area (Å²) in [5.41, 5.74) is 4.12. The van der Waals surface area contributed by atoms with Gasteiger partial charge in [-0.05, 0) is 17.7 Å². The number of phenolic OH excluding ortho intramolecular Hbond substituents is 2. The number of hydrogen-bond acceptors (Lipinski definition) is 5. The molecular weight excluding hydrogens is 186 g/mol. The van der Waals surface area contributed by atoms with Crippen molar-refractivity contribution in [2.45, 2.75) is 12.1 Å². The van der Waals surface area contributed by atoms with Crippen LogP contribution in [0.25, 0.3) is 0 Å². The quantitative estimate of drug-likeness (QED) is 0.326. The van der Waals surface area contributed by atoms with Crippen molar-refractivity contribution in [3.8, 4) is 11.5 Å². The second kappa shape index (κ2) is 3.83. The van der Waals surface area contributed by atoms with Crippen LogP contribution < -0.4 is 5.73 Å². The van der Waals surface area contributed by atoms with Gasteiger partial charge in [-0.3, -0.25) is 0 Å². The lowest BCUT2D eigenvalue weighted by atomic mass is 10.0. The first-order valence-corrected chi connectivity index (χ1v) is 4.07. The van der Waals surface area contributed by atoms with E-state index in [2.05, 4.69) is 0 Å². The number of rotatable bonds is 3. The van der Waals surface area contributed by atoms with E-state index in [1.807, 2.05) is 0 Å². The van der Waals surface area contributed by atoms with Crippen LogP contribution in [0.2, 0.25) is 0 Å². The first-order valence-electron chi connectivity index (χ1n) is 4.07. The maximum atomic E-state index is 9.32. The Kier molecular flexibility index (Phi) is 2.95. The minimum Gasteiger partial charge on any atom is -0.504 e. The number of phenols is 2. The molecule has 0 bridgehead atoms. The smallest absolute Gasteiger partial charge is 0.157 e. The first-order chi connectivity index (χ1) is 6.44. The number of aromatic hydroxyl groups is 2. The second-order valence-electron chi connectivity index (χ2n) is 3.26. The summed E-state index contributed by atoms with van der Waals surface area (Å²) in [6, 6.07) is 4.07. The predicted molar refractivity (Wildman–Crippen MR) is 49.7 cm³/mol. The molecule has 0 saturated heterocycles. The molecule has 0 radical (unpaired) electrons. The Balaban J connectivity index is 2.83. The van der Waals surface area contributed by atoms with Crippen molar-refractivity contribution in [3.63, 3.8) is 0 Å². The van der Waals surface area contributed by atoms with Crippen LogP contribution in [0.1, 0.15) is 5.56 Å². The van der Waals surface area contributed by atoms with E-state index in [1.165, 1.54) is 18.2 Å². The van der Waals surface area contributed by atoms with E-state index in [-0.39, 0.29) is 17.9 Å². The molecule has 0 aliphatic rings. The Morgan fingerprint density at radius 1 is 1.21 bits per heavy atom. The summed E-state index contributed by atoms with van der Waals surface area (Å²) in [4.78, 5) is 0. The van der Waals surface area contributed by atoms with E-state index in [4.69, 9.17) is 21.1 Å². The van der Waals surface area contributed by atoms with Gasteiger partial charge in [0.1, 0.15) is 5.72 Å². The topological polar surface area (TPSA) is 107 Å². The standard InChI is InChI=1S/C9H13NO4/c10-9(14,5-11)4-6-1-2-7(12)8(13)3-6/h1-3,11-14H,4-5,10H2. The largest absolute Gasteiger partial charge is 0.504 e. The van der Waals surface area contributed by atoms with E-state index in [0.717, 1.165) is 0 Å². The average molecular weight is 199 g/mol. The maximum absolute atomic E-state index is 9.32. The van der Waals surface area contributed by atoms with Crippen LogP contribution in [-0.4, -0.2) is 32.8 Å². The third kappa shape index (κ3) is 2.59. The number of aliphatic hydroxyl groups excluding tert-OH is 1. The van der Waals surface area contributed by atoms with Gasteiger partial charge in [0.05, 0.1) is 6.61 Å². The molecule has 5 heteroatoms. The van der Waals surface area contributed by atoms with Gasteiger partial charge in [0.2, 0.25) is 0 Å². The molecular formula is C9H13NO4. The highest BCUT2D eigenvalue weighted by Crippen LogP contribution is 2.25. The van der Waals surface area contributed by atoms with Crippen LogP contribution in [0.15, 0.2) is 18.2 Å². The normalized spacial score (nSPS) is 15.1. The summed E-state index contributed by atoms with van der Waals surface area (Å²) in [7, 11) is 0. The zero-order chi connectivity index (χ0) is 10.8. The van der Waals surface area contributed by atoms with Gasteiger partial charge in [-0.25, -0.2) is 0 Å². The lowest BCUT2D eigenvalue weighted by molar-refractivity contribution is -0.00855. The highest BCUT2D eigenvalue weighted by molar-refractivity contribution is 5.40. The molecule has 0 heterocycles. The molecule has 0 aromatic heterocycles. The Labute approximate surface area is 81.0 Å². The van der Waals surface area contributed by atoms with Crippen molar-refractivity contribution in [2.24, 2.45) is 5.73 Å². The summed E-state index contributed by atoms with van der Waals surface area (Å²) < 4.78 is 0. The fourth-order valence-corrected chi connectivity index (χ4v) is 1.09. The van der Waals surface area contributed by atoms with Gasteiger partial charge in [0, 0.05) is 6.42 Å². The fourth-order valence-electron chi connectivity index (χ4n) is 1.09. The number of nitrogens with two attached hydrogens (primary N) is 1. The van der Waals surface area contributed by atoms with Gasteiger partial charge in [-0.15, -0.1) is 0 Å². The third-order valence-corrected chi connectivity index (χ3v) is 1.82. The summed E-state index contributed by atoms with van der Waals surface area (Å²) in [6.07, 6.45) is -0.00264. The molecule has 1 aromatic rings. The number of benzene rings is 1. The molecule has 0 aliphatic heterocycles. The van der Waals surface area contributed by atoms with Crippen molar-refractivity contribution in [1.82, 2.24) is 0 Å². The van der Waals surface area contributed by atoms with Crippen molar-refractivity contribution in [3.05, 3.63) is 23.8 Å². The number of hydrogen-bond donors (Lipinski definition) is 5. The monoisotopic (exact) mass is 199 g/mol. The SMILES string of the molecule is NC(O)(CO)Cc1ccc(O)c(O)c1. The Morgan fingerprint density at radius 3 is 2.36 bits per heavy atom. The molecule has 0 fully saturated rings. The molecule has 1 unspecified atom stereocenters. The van der Waals surface area contributed by atoms with E-state index >= 15 is 0 Å². The van der Waals surface area contributed by atoms with Crippen LogP contribution in [0.5, 0.6) is 11.5 Å². The second-order valence-corrected chi connectivity index (χ2v) is 3.26. The van der Waals surface area contributed by atoms with Crippen LogP contribution in [0, 0.1) is 0 Å². The highest BCUT2D eigenvalue weighted by atomic mass is 16.3. The summed E-state index contributed by atoms with van der Waals surface area (Å²) in [5, 5.41) is 36.2. The predicted octanol–water partition coefficient (Wildman–Crippen LogP) is -0.720. The zero-order valence-corrected chi connectivity index (χ0v) is 7.51. The molecule has 14 heavy (non-hydrogen) atoms. The average Bonchev–Trinajstić information content (AvgIpc) is 2.11. The lowest BCUT2D eigenvalue weighted by Crippen LogP contribution is -2.45. The van der Waals surface area contributed by atoms with Crippen LogP contribution >= 0.6 is 0 Å². The lowest BCUT2D eigenvalue weighted by Gasteiger charge is -2.20. The molecule has 1 aromatic carbocycles. The van der Waals surface area contributed by atoms with Gasteiger partial charge < -0.3 is 26.2 Å². The van der Waals surface area contributed by atoms with Crippen molar-refractivity contribution < 1.29 is 20.4 Å². The van der Waals surface area contributed by atoms with Crippen LogP contribution in [0.3, 0.4) is 0 Å². The molecule has 5 nitrogen and oxygen atoms in total. The molecule has 0 aliphatic carbocycles. The van der Waals surface area contributed by atoms with Crippen molar-refractivity contribution in [2.75, 3.05) is 6.61 Å². The fraction of sp³-hybridized carbons (Fsp3) is 0.333. The maximum Gasteiger partial charge on any atom is 0.157 e. The van der Waals surface area contributed by atoms with Gasteiger partial charge in [0.15, 0.2) is 11.5 Å². The Morgan fingerprint density at radius 2 is 1.86 bits per heavy atom. The number of aliphatic hydroxyl groups is 2. The molecule has 1 atom stereocenters. The summed E-state index contributed by atoms with van der Waals surface area (Å²) in [5.74, 6) is -0.519. The van der Waals surface area contributed by atoms with Gasteiger partial charge in [-0.2, -0.15) is 0 Å². The van der Waals surface area contributed by atoms with Crippen LogP contribution in [0.4, 0.5) is 0 Å². The molecule has 6 N–H and O–H groups in total. The van der Waals surface area contributed by atoms with Crippen molar-refractivity contribution in [1.29, 1.82) is 0 Å². The molecule has 78 valence electrons. The first kappa shape index (κ1) is 10.8. The summed E-state index contributed by atoms with van der Waals surface area (Å²) >= 11 is 0. The van der Waals surface area contributed by atoms with E-state index in [1.54, 1.807) is 0 Å². The minimum atomic E-state index is -1.70. The third-order valence-electron chi connectivity index (χ3n) is 1.82.